The van der Waals surface area contributed by atoms with Gasteiger partial charge in [-0.3, -0.25) is 13.9 Å². The molecular weight excluding hydrogens is 489 g/mol. The molecule has 0 aliphatic heterocycles. The van der Waals surface area contributed by atoms with Gasteiger partial charge < -0.3 is 19.7 Å². The Labute approximate surface area is 212 Å². The molecule has 2 amide bonds. The molecule has 0 aliphatic rings. The number of halogens is 1. The van der Waals surface area contributed by atoms with Gasteiger partial charge in [0.15, 0.2) is 0 Å². The molecular formula is C25H34FN3O6S. The molecule has 1 unspecified atom stereocenters. The fourth-order valence-electron chi connectivity index (χ4n) is 3.43. The highest BCUT2D eigenvalue weighted by molar-refractivity contribution is 7.92. The maximum Gasteiger partial charge on any atom is 0.244 e. The molecule has 198 valence electrons. The van der Waals surface area contributed by atoms with Gasteiger partial charge in [-0.25, -0.2) is 12.8 Å². The van der Waals surface area contributed by atoms with Crippen LogP contribution in [0.4, 0.5) is 10.1 Å². The van der Waals surface area contributed by atoms with Gasteiger partial charge in [-0.1, -0.05) is 12.1 Å². The molecule has 11 heteroatoms. The number of rotatable bonds is 10. The molecule has 0 spiro atoms. The van der Waals surface area contributed by atoms with Crippen molar-refractivity contribution in [1.29, 1.82) is 0 Å². The van der Waals surface area contributed by atoms with Gasteiger partial charge in [0.25, 0.3) is 0 Å². The SMILES string of the molecule is COc1ccc(OC)c(N(CC(=O)N(Cc2ccc(F)cc2)C(C)C(=O)NC(C)(C)C)S(C)(=O)=O)c1. The van der Waals surface area contributed by atoms with Gasteiger partial charge in [-0.05, 0) is 57.5 Å². The molecule has 0 radical (unpaired) electrons. The monoisotopic (exact) mass is 523 g/mol. The molecule has 0 saturated heterocycles. The molecule has 0 aromatic heterocycles. The van der Waals surface area contributed by atoms with E-state index in [2.05, 4.69) is 5.32 Å². The summed E-state index contributed by atoms with van der Waals surface area (Å²) in [5, 5.41) is 2.84. The molecule has 36 heavy (non-hydrogen) atoms. The van der Waals surface area contributed by atoms with Crippen molar-refractivity contribution < 1.29 is 31.9 Å². The molecule has 0 heterocycles. The Kier molecular flexibility index (Phi) is 9.31. The van der Waals surface area contributed by atoms with Crippen molar-refractivity contribution in [3.63, 3.8) is 0 Å². The third-order valence-electron chi connectivity index (χ3n) is 5.27. The summed E-state index contributed by atoms with van der Waals surface area (Å²) >= 11 is 0. The molecule has 9 nitrogen and oxygen atoms in total. The third-order valence-corrected chi connectivity index (χ3v) is 6.39. The van der Waals surface area contributed by atoms with Crippen molar-refractivity contribution in [2.75, 3.05) is 31.3 Å². The van der Waals surface area contributed by atoms with Crippen LogP contribution in [0.2, 0.25) is 0 Å². The number of ether oxygens (including phenoxy) is 2. The van der Waals surface area contributed by atoms with Crippen LogP contribution in [0.15, 0.2) is 42.5 Å². The number of hydrogen-bond acceptors (Lipinski definition) is 6. The third kappa shape index (κ3) is 7.84. The van der Waals surface area contributed by atoms with Crippen LogP contribution in [0.25, 0.3) is 0 Å². The molecule has 0 saturated carbocycles. The van der Waals surface area contributed by atoms with Crippen LogP contribution in [-0.4, -0.2) is 63.7 Å². The predicted molar refractivity (Wildman–Crippen MR) is 136 cm³/mol. The van der Waals surface area contributed by atoms with E-state index in [4.69, 9.17) is 9.47 Å². The van der Waals surface area contributed by atoms with Crippen LogP contribution < -0.4 is 19.1 Å². The summed E-state index contributed by atoms with van der Waals surface area (Å²) < 4.78 is 50.5. The first kappa shape index (κ1) is 28.9. The average molecular weight is 524 g/mol. The predicted octanol–water partition coefficient (Wildman–Crippen LogP) is 2.94. The fraction of sp³-hybridized carbons (Fsp3) is 0.440. The van der Waals surface area contributed by atoms with Crippen LogP contribution in [-0.2, 0) is 26.2 Å². The van der Waals surface area contributed by atoms with Crippen molar-refractivity contribution in [2.24, 2.45) is 0 Å². The summed E-state index contributed by atoms with van der Waals surface area (Å²) in [5.74, 6) is -0.900. The Morgan fingerprint density at radius 2 is 1.67 bits per heavy atom. The molecule has 2 aromatic rings. The van der Waals surface area contributed by atoms with E-state index in [-0.39, 0.29) is 18.0 Å². The van der Waals surface area contributed by atoms with Crippen LogP contribution in [0.3, 0.4) is 0 Å². The number of sulfonamides is 1. The number of benzene rings is 2. The van der Waals surface area contributed by atoms with Crippen LogP contribution in [0.1, 0.15) is 33.3 Å². The van der Waals surface area contributed by atoms with Crippen molar-refractivity contribution in [2.45, 2.75) is 45.8 Å². The Morgan fingerprint density at radius 1 is 1.06 bits per heavy atom. The summed E-state index contributed by atoms with van der Waals surface area (Å²) in [5.41, 5.74) is 0.133. The minimum Gasteiger partial charge on any atom is -0.497 e. The molecule has 1 atom stereocenters. The molecule has 2 rings (SSSR count). The highest BCUT2D eigenvalue weighted by Gasteiger charge is 2.32. The lowest BCUT2D eigenvalue weighted by Crippen LogP contribution is -2.54. The smallest absolute Gasteiger partial charge is 0.244 e. The Hall–Kier alpha value is -3.34. The quantitative estimate of drug-likeness (QED) is 0.514. The van der Waals surface area contributed by atoms with E-state index in [1.807, 2.05) is 20.8 Å². The number of nitrogens with one attached hydrogen (secondary N) is 1. The van der Waals surface area contributed by atoms with E-state index in [0.717, 1.165) is 10.6 Å². The summed E-state index contributed by atoms with van der Waals surface area (Å²) in [4.78, 5) is 27.8. The zero-order valence-corrected chi connectivity index (χ0v) is 22.5. The van der Waals surface area contributed by atoms with E-state index in [1.54, 1.807) is 13.0 Å². The van der Waals surface area contributed by atoms with E-state index in [9.17, 15) is 22.4 Å². The normalized spacial score (nSPS) is 12.4. The molecule has 2 aromatic carbocycles. The van der Waals surface area contributed by atoms with E-state index in [0.29, 0.717) is 11.3 Å². The van der Waals surface area contributed by atoms with E-state index >= 15 is 0 Å². The van der Waals surface area contributed by atoms with Crippen LogP contribution in [0, 0.1) is 5.82 Å². The van der Waals surface area contributed by atoms with Gasteiger partial charge in [0.2, 0.25) is 21.8 Å². The second-order valence-electron chi connectivity index (χ2n) is 9.37. The number of anilines is 1. The standard InChI is InChI=1S/C25H34FN3O6S/c1-17(24(31)27-25(2,3)4)28(15-18-8-10-19(26)11-9-18)23(30)16-29(36(7,32)33)21-14-20(34-5)12-13-22(21)35-6/h8-14,17H,15-16H2,1-7H3,(H,27,31). The number of carbonyl (C=O) groups excluding carboxylic acids is 2. The number of carbonyl (C=O) groups is 2. The zero-order chi connectivity index (χ0) is 27.3. The summed E-state index contributed by atoms with van der Waals surface area (Å²) in [6.45, 7) is 6.35. The van der Waals surface area contributed by atoms with Crippen LogP contribution in [0.5, 0.6) is 11.5 Å². The average Bonchev–Trinajstić information content (AvgIpc) is 2.79. The maximum atomic E-state index is 13.6. The van der Waals surface area contributed by atoms with Gasteiger partial charge in [-0.2, -0.15) is 0 Å². The summed E-state index contributed by atoms with van der Waals surface area (Å²) in [7, 11) is -1.14. The lowest BCUT2D eigenvalue weighted by molar-refractivity contribution is -0.140. The minimum atomic E-state index is -3.96. The Balaban J connectivity index is 2.49. The number of amides is 2. The van der Waals surface area contributed by atoms with Gasteiger partial charge in [-0.15, -0.1) is 0 Å². The van der Waals surface area contributed by atoms with Gasteiger partial charge in [0.05, 0.1) is 26.2 Å². The zero-order valence-electron chi connectivity index (χ0n) is 21.7. The lowest BCUT2D eigenvalue weighted by Gasteiger charge is -2.33. The Bertz CT molecular complexity index is 1180. The van der Waals surface area contributed by atoms with Crippen LogP contribution >= 0.6 is 0 Å². The van der Waals surface area contributed by atoms with Crippen molar-refractivity contribution in [3.05, 3.63) is 53.8 Å². The van der Waals surface area contributed by atoms with Crippen molar-refractivity contribution >= 4 is 27.5 Å². The van der Waals surface area contributed by atoms with Crippen molar-refractivity contribution in [1.82, 2.24) is 10.2 Å². The topological polar surface area (TPSA) is 105 Å². The first-order valence-electron chi connectivity index (χ1n) is 11.2. The number of nitrogens with zero attached hydrogens (tertiary/aromatic N) is 2. The molecule has 1 N–H and O–H groups in total. The van der Waals surface area contributed by atoms with E-state index < -0.39 is 45.8 Å². The molecule has 0 aliphatic carbocycles. The van der Waals surface area contributed by atoms with Gasteiger partial charge in [0.1, 0.15) is 29.9 Å². The van der Waals surface area contributed by atoms with E-state index in [1.165, 1.54) is 55.5 Å². The molecule has 0 bridgehead atoms. The Morgan fingerprint density at radius 3 is 2.17 bits per heavy atom. The minimum absolute atomic E-state index is 0.0370. The van der Waals surface area contributed by atoms with Gasteiger partial charge >= 0.3 is 0 Å². The second kappa shape index (κ2) is 11.6. The first-order valence-corrected chi connectivity index (χ1v) is 13.1. The highest BCUT2D eigenvalue weighted by Crippen LogP contribution is 2.34. The largest absolute Gasteiger partial charge is 0.497 e. The van der Waals surface area contributed by atoms with Gasteiger partial charge in [0, 0.05) is 18.2 Å². The lowest BCUT2D eigenvalue weighted by atomic mass is 10.1. The summed E-state index contributed by atoms with van der Waals surface area (Å²) in [6, 6.07) is 9.15. The number of hydrogen-bond donors (Lipinski definition) is 1. The molecule has 0 fully saturated rings. The first-order chi connectivity index (χ1) is 16.7. The fourth-order valence-corrected chi connectivity index (χ4v) is 4.27. The highest BCUT2D eigenvalue weighted by atomic mass is 32.2. The number of methoxy groups -OCH3 is 2. The van der Waals surface area contributed by atoms with Crippen molar-refractivity contribution in [3.8, 4) is 11.5 Å². The second-order valence-corrected chi connectivity index (χ2v) is 11.3. The summed E-state index contributed by atoms with van der Waals surface area (Å²) in [6.07, 6.45) is 0.971. The maximum absolute atomic E-state index is 13.6.